The molecule has 0 spiro atoms. The number of nitrogens with zero attached hydrogens (tertiary/aromatic N) is 1. The summed E-state index contributed by atoms with van der Waals surface area (Å²) < 4.78 is 6.44. The molecule has 1 aromatic rings. The SMILES string of the molecule is COC1CCCN(c2ccc(Br)cc2N)C1. The van der Waals surface area contributed by atoms with Crippen LogP contribution in [-0.4, -0.2) is 26.3 Å². The van der Waals surface area contributed by atoms with E-state index in [4.69, 9.17) is 10.5 Å². The van der Waals surface area contributed by atoms with Crippen molar-refractivity contribution in [3.8, 4) is 0 Å². The molecule has 1 aliphatic rings. The van der Waals surface area contributed by atoms with Crippen LogP contribution in [0.25, 0.3) is 0 Å². The van der Waals surface area contributed by atoms with Crippen molar-refractivity contribution in [2.24, 2.45) is 0 Å². The minimum absolute atomic E-state index is 0.330. The predicted molar refractivity (Wildman–Crippen MR) is 70.8 cm³/mol. The molecule has 0 aliphatic carbocycles. The Kier molecular flexibility index (Phi) is 3.71. The highest BCUT2D eigenvalue weighted by Gasteiger charge is 2.20. The molecule has 1 saturated heterocycles. The highest BCUT2D eigenvalue weighted by atomic mass is 79.9. The number of piperidine rings is 1. The fraction of sp³-hybridized carbons (Fsp3) is 0.500. The molecular weight excluding hydrogens is 268 g/mol. The predicted octanol–water partition coefficient (Wildman–Crippen LogP) is 2.65. The summed E-state index contributed by atoms with van der Waals surface area (Å²) in [7, 11) is 1.78. The average molecular weight is 285 g/mol. The molecular formula is C12H17BrN2O. The van der Waals surface area contributed by atoms with Crippen LogP contribution in [0.4, 0.5) is 11.4 Å². The molecule has 4 heteroatoms. The van der Waals surface area contributed by atoms with Gasteiger partial charge in [-0.1, -0.05) is 15.9 Å². The van der Waals surface area contributed by atoms with Gasteiger partial charge in [0.25, 0.3) is 0 Å². The molecule has 1 aromatic carbocycles. The lowest BCUT2D eigenvalue weighted by Gasteiger charge is -2.34. The molecule has 0 radical (unpaired) electrons. The van der Waals surface area contributed by atoms with E-state index in [1.807, 2.05) is 12.1 Å². The van der Waals surface area contributed by atoms with Gasteiger partial charge in [0, 0.05) is 24.7 Å². The third-order valence-electron chi connectivity index (χ3n) is 3.04. The lowest BCUT2D eigenvalue weighted by atomic mass is 10.1. The number of hydrogen-bond acceptors (Lipinski definition) is 3. The van der Waals surface area contributed by atoms with E-state index < -0.39 is 0 Å². The molecule has 0 bridgehead atoms. The number of halogens is 1. The summed E-state index contributed by atoms with van der Waals surface area (Å²) in [6.45, 7) is 1.99. The van der Waals surface area contributed by atoms with Crippen LogP contribution in [-0.2, 0) is 4.74 Å². The minimum atomic E-state index is 0.330. The molecule has 1 unspecified atom stereocenters. The standard InChI is InChI=1S/C12H17BrN2O/c1-16-10-3-2-6-15(8-10)12-5-4-9(13)7-11(12)14/h4-5,7,10H,2-3,6,8,14H2,1H3. The van der Waals surface area contributed by atoms with Crippen molar-refractivity contribution in [2.75, 3.05) is 30.8 Å². The Bertz CT molecular complexity index is 370. The Hall–Kier alpha value is -0.740. The summed E-state index contributed by atoms with van der Waals surface area (Å²) in [6.07, 6.45) is 2.63. The first kappa shape index (κ1) is 11.7. The van der Waals surface area contributed by atoms with Gasteiger partial charge in [0.1, 0.15) is 0 Å². The van der Waals surface area contributed by atoms with Crippen molar-refractivity contribution in [1.82, 2.24) is 0 Å². The van der Waals surface area contributed by atoms with E-state index in [1.165, 1.54) is 0 Å². The minimum Gasteiger partial charge on any atom is -0.397 e. The van der Waals surface area contributed by atoms with Crippen molar-refractivity contribution in [3.63, 3.8) is 0 Å². The van der Waals surface area contributed by atoms with Gasteiger partial charge in [-0.25, -0.2) is 0 Å². The van der Waals surface area contributed by atoms with Gasteiger partial charge in [0.15, 0.2) is 0 Å². The normalized spacial score (nSPS) is 21.1. The number of ether oxygens (including phenoxy) is 1. The van der Waals surface area contributed by atoms with Crippen LogP contribution in [0.5, 0.6) is 0 Å². The number of anilines is 2. The van der Waals surface area contributed by atoms with Crippen molar-refractivity contribution >= 4 is 27.3 Å². The number of hydrogen-bond donors (Lipinski definition) is 1. The van der Waals surface area contributed by atoms with Crippen LogP contribution < -0.4 is 10.6 Å². The largest absolute Gasteiger partial charge is 0.397 e. The maximum Gasteiger partial charge on any atom is 0.0746 e. The lowest BCUT2D eigenvalue weighted by Crippen LogP contribution is -2.39. The Balaban J connectivity index is 2.16. The van der Waals surface area contributed by atoms with Crippen molar-refractivity contribution in [2.45, 2.75) is 18.9 Å². The van der Waals surface area contributed by atoms with Crippen LogP contribution >= 0.6 is 15.9 Å². The number of rotatable bonds is 2. The first-order chi connectivity index (χ1) is 7.70. The molecule has 2 rings (SSSR count). The zero-order valence-electron chi connectivity index (χ0n) is 9.45. The van der Waals surface area contributed by atoms with Gasteiger partial charge in [-0.2, -0.15) is 0 Å². The third-order valence-corrected chi connectivity index (χ3v) is 3.54. The van der Waals surface area contributed by atoms with E-state index in [0.717, 1.165) is 41.8 Å². The van der Waals surface area contributed by atoms with Gasteiger partial charge in [0.2, 0.25) is 0 Å². The maximum absolute atomic E-state index is 6.03. The Labute approximate surface area is 105 Å². The molecule has 16 heavy (non-hydrogen) atoms. The van der Waals surface area contributed by atoms with Crippen LogP contribution in [0.3, 0.4) is 0 Å². The third kappa shape index (κ3) is 2.50. The molecule has 0 saturated carbocycles. The molecule has 1 atom stereocenters. The molecule has 88 valence electrons. The second kappa shape index (κ2) is 5.06. The molecule has 3 nitrogen and oxygen atoms in total. The highest BCUT2D eigenvalue weighted by molar-refractivity contribution is 9.10. The summed E-state index contributed by atoms with van der Waals surface area (Å²) in [5, 5.41) is 0. The average Bonchev–Trinajstić information content (AvgIpc) is 2.29. The van der Waals surface area contributed by atoms with E-state index in [9.17, 15) is 0 Å². The van der Waals surface area contributed by atoms with Crippen molar-refractivity contribution < 1.29 is 4.74 Å². The molecule has 1 heterocycles. The first-order valence-corrected chi connectivity index (χ1v) is 6.33. The number of methoxy groups -OCH3 is 1. The Morgan fingerprint density at radius 2 is 2.31 bits per heavy atom. The molecule has 2 N–H and O–H groups in total. The zero-order chi connectivity index (χ0) is 11.5. The fourth-order valence-electron chi connectivity index (χ4n) is 2.16. The van der Waals surface area contributed by atoms with E-state index in [0.29, 0.717) is 6.10 Å². The molecule has 0 aromatic heterocycles. The summed E-state index contributed by atoms with van der Waals surface area (Å²) in [4.78, 5) is 2.31. The summed E-state index contributed by atoms with van der Waals surface area (Å²) in [6, 6.07) is 6.05. The van der Waals surface area contributed by atoms with Gasteiger partial charge in [0.05, 0.1) is 17.5 Å². The summed E-state index contributed by atoms with van der Waals surface area (Å²) >= 11 is 3.42. The monoisotopic (exact) mass is 284 g/mol. The Morgan fingerprint density at radius 3 is 3.00 bits per heavy atom. The van der Waals surface area contributed by atoms with Crippen molar-refractivity contribution in [1.29, 1.82) is 0 Å². The van der Waals surface area contributed by atoms with E-state index >= 15 is 0 Å². The topological polar surface area (TPSA) is 38.5 Å². The number of benzene rings is 1. The van der Waals surface area contributed by atoms with E-state index in [-0.39, 0.29) is 0 Å². The summed E-state index contributed by atoms with van der Waals surface area (Å²) in [5.41, 5.74) is 7.97. The number of nitrogens with two attached hydrogens (primary N) is 1. The second-order valence-electron chi connectivity index (χ2n) is 4.15. The summed E-state index contributed by atoms with van der Waals surface area (Å²) in [5.74, 6) is 0. The van der Waals surface area contributed by atoms with Crippen LogP contribution in [0.2, 0.25) is 0 Å². The number of nitrogen functional groups attached to an aromatic ring is 1. The molecule has 1 aliphatic heterocycles. The second-order valence-corrected chi connectivity index (χ2v) is 5.06. The van der Waals surface area contributed by atoms with Gasteiger partial charge < -0.3 is 15.4 Å². The van der Waals surface area contributed by atoms with Crippen molar-refractivity contribution in [3.05, 3.63) is 22.7 Å². The lowest BCUT2D eigenvalue weighted by molar-refractivity contribution is 0.0894. The van der Waals surface area contributed by atoms with E-state index in [1.54, 1.807) is 7.11 Å². The maximum atomic E-state index is 6.03. The van der Waals surface area contributed by atoms with E-state index in [2.05, 4.69) is 26.9 Å². The van der Waals surface area contributed by atoms with Crippen LogP contribution in [0.1, 0.15) is 12.8 Å². The van der Waals surface area contributed by atoms with Gasteiger partial charge in [-0.15, -0.1) is 0 Å². The molecule has 1 fully saturated rings. The first-order valence-electron chi connectivity index (χ1n) is 5.53. The molecule has 0 amide bonds. The van der Waals surface area contributed by atoms with Gasteiger partial charge >= 0.3 is 0 Å². The van der Waals surface area contributed by atoms with Crippen LogP contribution in [0.15, 0.2) is 22.7 Å². The highest BCUT2D eigenvalue weighted by Crippen LogP contribution is 2.29. The quantitative estimate of drug-likeness (QED) is 0.849. The van der Waals surface area contributed by atoms with Gasteiger partial charge in [-0.05, 0) is 31.0 Å². The fourth-order valence-corrected chi connectivity index (χ4v) is 2.54. The zero-order valence-corrected chi connectivity index (χ0v) is 11.0. The van der Waals surface area contributed by atoms with Gasteiger partial charge in [-0.3, -0.25) is 0 Å². The van der Waals surface area contributed by atoms with Crippen LogP contribution in [0, 0.1) is 0 Å². The Morgan fingerprint density at radius 1 is 1.50 bits per heavy atom. The smallest absolute Gasteiger partial charge is 0.0746 e.